The van der Waals surface area contributed by atoms with Crippen molar-refractivity contribution in [3.63, 3.8) is 0 Å². The highest BCUT2D eigenvalue weighted by Gasteiger charge is 2.45. The number of amides is 1. The normalized spacial score (nSPS) is 25.7. The number of halogens is 3. The van der Waals surface area contributed by atoms with E-state index < -0.39 is 23.8 Å². The van der Waals surface area contributed by atoms with E-state index >= 15 is 8.78 Å². The number of para-hydroxylation sites is 1. The zero-order valence-electron chi connectivity index (χ0n) is 21.3. The Kier molecular flexibility index (Phi) is 6.60. The van der Waals surface area contributed by atoms with E-state index in [1.54, 1.807) is 4.90 Å². The highest BCUT2D eigenvalue weighted by molar-refractivity contribution is 5.87. The number of likely N-dealkylation sites (tertiary alicyclic amines) is 1. The maximum absolute atomic E-state index is 15.8. The highest BCUT2D eigenvalue weighted by atomic mass is 19.1. The molecule has 1 saturated heterocycles. The quantitative estimate of drug-likeness (QED) is 0.479. The van der Waals surface area contributed by atoms with Crippen LogP contribution in [0.2, 0.25) is 0 Å². The fourth-order valence-electron chi connectivity index (χ4n) is 6.24. The number of H-pyrrole nitrogens is 1. The SMILES string of the molecule is CC1Cc2c([nH]c3ccccc23)[C@@H](c2c(F)cc(OCCN3CC(CF)C3)cc2F)N1C(=O)[C@H]1C[C@@H](O)C1. The number of ether oxygens (including phenoxy) is 1. The number of hydrogen-bond acceptors (Lipinski definition) is 4. The van der Waals surface area contributed by atoms with Gasteiger partial charge in [-0.2, -0.15) is 0 Å². The fourth-order valence-corrected chi connectivity index (χ4v) is 6.24. The van der Waals surface area contributed by atoms with Crippen LogP contribution in [0, 0.1) is 23.5 Å². The molecule has 38 heavy (non-hydrogen) atoms. The number of benzene rings is 2. The Morgan fingerprint density at radius 1 is 1.16 bits per heavy atom. The van der Waals surface area contributed by atoms with Gasteiger partial charge in [-0.05, 0) is 37.8 Å². The summed E-state index contributed by atoms with van der Waals surface area (Å²) in [6, 6.07) is 8.80. The molecule has 1 aliphatic carbocycles. The Labute approximate surface area is 219 Å². The van der Waals surface area contributed by atoms with Gasteiger partial charge in [-0.1, -0.05) is 18.2 Å². The number of alkyl halides is 1. The lowest BCUT2D eigenvalue weighted by Crippen LogP contribution is -2.52. The molecule has 202 valence electrons. The predicted octanol–water partition coefficient (Wildman–Crippen LogP) is 4.36. The van der Waals surface area contributed by atoms with Crippen molar-refractivity contribution in [1.29, 1.82) is 0 Å². The van der Waals surface area contributed by atoms with Gasteiger partial charge in [0, 0.05) is 66.2 Å². The highest BCUT2D eigenvalue weighted by Crippen LogP contribution is 2.45. The summed E-state index contributed by atoms with van der Waals surface area (Å²) >= 11 is 0. The molecule has 0 bridgehead atoms. The van der Waals surface area contributed by atoms with Crippen molar-refractivity contribution >= 4 is 16.8 Å². The van der Waals surface area contributed by atoms with Gasteiger partial charge in [0.15, 0.2) is 0 Å². The standard InChI is InChI=1S/C29H32F3N3O3/c1-16-8-22-21-4-2-3-5-25(21)33-27(22)28(35(16)29(37)18-9-19(36)10-18)26-23(31)11-20(12-24(26)32)38-7-6-34-14-17(13-30)15-34/h2-5,11-12,16-19,28,33,36H,6-10,13-15H2,1H3/t16?,18-,19+,28-/m1/s1. The summed E-state index contributed by atoms with van der Waals surface area (Å²) in [6.07, 6.45) is 0.751. The van der Waals surface area contributed by atoms with Crippen molar-refractivity contribution in [3.8, 4) is 5.75 Å². The second-order valence-electron chi connectivity index (χ2n) is 11.0. The van der Waals surface area contributed by atoms with Crippen LogP contribution >= 0.6 is 0 Å². The maximum atomic E-state index is 15.8. The topological polar surface area (TPSA) is 68.8 Å². The van der Waals surface area contributed by atoms with Crippen LogP contribution < -0.4 is 4.74 Å². The molecule has 1 saturated carbocycles. The van der Waals surface area contributed by atoms with Gasteiger partial charge in [0.25, 0.3) is 0 Å². The third-order valence-corrected chi connectivity index (χ3v) is 8.34. The van der Waals surface area contributed by atoms with Crippen LogP contribution in [-0.2, 0) is 11.2 Å². The van der Waals surface area contributed by atoms with E-state index in [-0.39, 0.29) is 48.4 Å². The Morgan fingerprint density at radius 2 is 1.87 bits per heavy atom. The van der Waals surface area contributed by atoms with Crippen LogP contribution in [0.25, 0.3) is 10.9 Å². The Hall–Kier alpha value is -3.04. The zero-order valence-corrected chi connectivity index (χ0v) is 21.3. The Morgan fingerprint density at radius 3 is 2.55 bits per heavy atom. The lowest BCUT2D eigenvalue weighted by molar-refractivity contribution is -0.147. The first-order chi connectivity index (χ1) is 18.3. The summed E-state index contributed by atoms with van der Waals surface area (Å²) < 4.78 is 49.8. The lowest BCUT2D eigenvalue weighted by Gasteiger charge is -2.45. The molecule has 6 rings (SSSR count). The number of aromatic amines is 1. The van der Waals surface area contributed by atoms with Crippen LogP contribution in [0.4, 0.5) is 13.2 Å². The van der Waals surface area contributed by atoms with E-state index in [1.807, 2.05) is 36.1 Å². The second-order valence-corrected chi connectivity index (χ2v) is 11.0. The summed E-state index contributed by atoms with van der Waals surface area (Å²) in [5.41, 5.74) is 2.23. The molecule has 3 aromatic rings. The molecule has 9 heteroatoms. The first kappa shape index (κ1) is 25.2. The molecule has 0 radical (unpaired) electrons. The van der Waals surface area contributed by atoms with E-state index in [0.717, 1.165) is 16.5 Å². The summed E-state index contributed by atoms with van der Waals surface area (Å²) in [4.78, 5) is 20.6. The van der Waals surface area contributed by atoms with E-state index in [1.165, 1.54) is 12.1 Å². The van der Waals surface area contributed by atoms with Gasteiger partial charge in [-0.3, -0.25) is 14.1 Å². The van der Waals surface area contributed by atoms with Crippen molar-refractivity contribution < 1.29 is 27.8 Å². The number of nitrogens with zero attached hydrogens (tertiary/aromatic N) is 2. The van der Waals surface area contributed by atoms with Gasteiger partial charge in [0.05, 0.1) is 18.3 Å². The van der Waals surface area contributed by atoms with E-state index in [0.29, 0.717) is 44.6 Å². The molecule has 2 atom stereocenters. The lowest BCUT2D eigenvalue weighted by atomic mass is 9.79. The zero-order chi connectivity index (χ0) is 26.6. The Balaban J connectivity index is 1.33. The number of aromatic nitrogens is 1. The van der Waals surface area contributed by atoms with Crippen molar-refractivity contribution in [2.75, 3.05) is 32.9 Å². The molecular weight excluding hydrogens is 495 g/mol. The number of aliphatic hydroxyl groups excluding tert-OH is 1. The van der Waals surface area contributed by atoms with Gasteiger partial charge in [-0.25, -0.2) is 8.78 Å². The van der Waals surface area contributed by atoms with Crippen LogP contribution in [0.5, 0.6) is 5.75 Å². The number of carbonyl (C=O) groups is 1. The van der Waals surface area contributed by atoms with Gasteiger partial charge < -0.3 is 19.7 Å². The van der Waals surface area contributed by atoms with Crippen molar-refractivity contribution in [1.82, 2.24) is 14.8 Å². The second kappa shape index (κ2) is 9.93. The summed E-state index contributed by atoms with van der Waals surface area (Å²) in [7, 11) is 0. The van der Waals surface area contributed by atoms with Gasteiger partial charge in [0.2, 0.25) is 5.91 Å². The van der Waals surface area contributed by atoms with Crippen LogP contribution in [0.15, 0.2) is 36.4 Å². The molecular formula is C29H32F3N3O3. The molecule has 2 aliphatic heterocycles. The number of aliphatic hydroxyl groups is 1. The largest absolute Gasteiger partial charge is 0.492 e. The first-order valence-electron chi connectivity index (χ1n) is 13.3. The minimum atomic E-state index is -0.973. The van der Waals surface area contributed by atoms with E-state index in [2.05, 4.69) is 4.98 Å². The predicted molar refractivity (Wildman–Crippen MR) is 137 cm³/mol. The molecule has 1 amide bonds. The van der Waals surface area contributed by atoms with Crippen LogP contribution in [0.1, 0.15) is 42.6 Å². The molecule has 3 heterocycles. The maximum Gasteiger partial charge on any atom is 0.226 e. The average Bonchev–Trinajstić information content (AvgIpc) is 3.21. The fraction of sp³-hybridized carbons (Fsp3) is 0.483. The molecule has 3 aliphatic rings. The van der Waals surface area contributed by atoms with Crippen molar-refractivity contribution in [3.05, 3.63) is 64.9 Å². The molecule has 2 fully saturated rings. The van der Waals surface area contributed by atoms with Crippen LogP contribution in [-0.4, -0.2) is 70.9 Å². The smallest absolute Gasteiger partial charge is 0.226 e. The van der Waals surface area contributed by atoms with Gasteiger partial charge in [-0.15, -0.1) is 0 Å². The molecule has 6 nitrogen and oxygen atoms in total. The van der Waals surface area contributed by atoms with E-state index in [9.17, 15) is 14.3 Å². The minimum Gasteiger partial charge on any atom is -0.492 e. The third kappa shape index (κ3) is 4.35. The van der Waals surface area contributed by atoms with Gasteiger partial charge in [0.1, 0.15) is 30.0 Å². The number of nitrogens with one attached hydrogen (secondary N) is 1. The average molecular weight is 528 g/mol. The molecule has 2 aromatic carbocycles. The summed E-state index contributed by atoms with van der Waals surface area (Å²) in [5.74, 6) is -1.99. The van der Waals surface area contributed by atoms with Crippen molar-refractivity contribution in [2.24, 2.45) is 11.8 Å². The molecule has 1 unspecified atom stereocenters. The van der Waals surface area contributed by atoms with Crippen molar-refractivity contribution in [2.45, 2.75) is 44.4 Å². The molecule has 1 aromatic heterocycles. The minimum absolute atomic E-state index is 0.0606. The monoisotopic (exact) mass is 527 g/mol. The molecule has 2 N–H and O–H groups in total. The summed E-state index contributed by atoms with van der Waals surface area (Å²) in [6.45, 7) is 3.68. The van der Waals surface area contributed by atoms with Crippen LogP contribution in [0.3, 0.4) is 0 Å². The number of fused-ring (bicyclic) bond motifs is 3. The number of hydrogen-bond donors (Lipinski definition) is 2. The first-order valence-corrected chi connectivity index (χ1v) is 13.3. The summed E-state index contributed by atoms with van der Waals surface area (Å²) in [5, 5.41) is 10.8. The van der Waals surface area contributed by atoms with Gasteiger partial charge >= 0.3 is 0 Å². The Bertz CT molecular complexity index is 1330. The van der Waals surface area contributed by atoms with E-state index in [4.69, 9.17) is 4.74 Å². The number of rotatable bonds is 7. The third-order valence-electron chi connectivity index (χ3n) is 8.34. The number of carbonyl (C=O) groups excluding carboxylic acids is 1. The molecule has 0 spiro atoms.